The highest BCUT2D eigenvalue weighted by Gasteiger charge is 2.52. The lowest BCUT2D eigenvalue weighted by atomic mass is 10.1. The van der Waals surface area contributed by atoms with E-state index in [-0.39, 0.29) is 44.3 Å². The van der Waals surface area contributed by atoms with E-state index < -0.39 is 58.5 Å². The Hall–Kier alpha value is -4.29. The fraction of sp³-hybridized carbons (Fsp3) is 0.633. The van der Waals surface area contributed by atoms with Crippen molar-refractivity contribution in [2.75, 3.05) is 42.7 Å². The molecular weight excluding hydrogens is 722 g/mol. The molecule has 0 spiro atoms. The fourth-order valence-electron chi connectivity index (χ4n) is 4.64. The number of carbonyl (C=O) groups is 5. The number of fused-ring (bicyclic) bond motifs is 2. The number of rotatable bonds is 7. The number of nitrogens with zero attached hydrogens (tertiary/aromatic N) is 6. The first-order valence-corrected chi connectivity index (χ1v) is 16.3. The summed E-state index contributed by atoms with van der Waals surface area (Å²) in [4.78, 5) is 63.4. The number of esters is 3. The first-order chi connectivity index (χ1) is 22.7. The van der Waals surface area contributed by atoms with E-state index in [9.17, 15) is 32.8 Å². The van der Waals surface area contributed by atoms with Crippen molar-refractivity contribution >= 4 is 57.7 Å². The van der Waals surface area contributed by atoms with Crippen LogP contribution in [-0.2, 0) is 47.5 Å². The fourth-order valence-corrected chi connectivity index (χ4v) is 5.17. The van der Waals surface area contributed by atoms with Gasteiger partial charge in [0.2, 0.25) is 0 Å². The maximum Gasteiger partial charge on any atom is 0.416 e. The summed E-state index contributed by atoms with van der Waals surface area (Å²) >= 11 is 3.24. The first kappa shape index (κ1) is 39.2. The maximum absolute atomic E-state index is 14.7. The molecular formula is C30H41BrF2N6O10. The molecule has 2 aromatic heterocycles. The van der Waals surface area contributed by atoms with Crippen molar-refractivity contribution in [1.82, 2.24) is 19.6 Å². The molecule has 0 N–H and O–H groups in total. The third-order valence-electron chi connectivity index (χ3n) is 6.41. The van der Waals surface area contributed by atoms with Crippen molar-refractivity contribution in [3.05, 3.63) is 21.4 Å². The van der Waals surface area contributed by atoms with Gasteiger partial charge in [0.15, 0.2) is 17.3 Å². The van der Waals surface area contributed by atoms with E-state index in [1.165, 1.54) is 18.7 Å². The number of amides is 2. The molecule has 2 aliphatic rings. The number of anilines is 2. The summed E-state index contributed by atoms with van der Waals surface area (Å²) in [5, 5.41) is 7.92. The number of aromatic nitrogens is 4. The zero-order chi connectivity index (χ0) is 37.1. The standard InChI is InChI=1S/C17H23F2N3O6.C13H18BrN3O4/c1-6-26-13(23)10-11(17(18,19)14(24)27-7-2)20-22-9-8-21(12(10)22)15(25)28-16(3,4)5;1-5-20-11(18)8-9(14)15-17-7-6-16(10(8)17)12(19)21-13(2,3)4/h6-9H2,1-5H3;5-7H2,1-4H3. The molecule has 0 saturated carbocycles. The van der Waals surface area contributed by atoms with E-state index in [1.54, 1.807) is 53.1 Å². The van der Waals surface area contributed by atoms with Gasteiger partial charge < -0.3 is 23.7 Å². The minimum absolute atomic E-state index is 0.0416. The molecule has 4 rings (SSSR count). The highest BCUT2D eigenvalue weighted by atomic mass is 79.9. The number of halogens is 3. The van der Waals surface area contributed by atoms with Crippen molar-refractivity contribution in [1.29, 1.82) is 0 Å². The van der Waals surface area contributed by atoms with Gasteiger partial charge in [-0.25, -0.2) is 33.3 Å². The Morgan fingerprint density at radius 3 is 1.51 bits per heavy atom. The van der Waals surface area contributed by atoms with Gasteiger partial charge >= 0.3 is 36.0 Å². The summed E-state index contributed by atoms with van der Waals surface area (Å²) in [5.74, 6) is -7.48. The molecule has 0 atom stereocenters. The Labute approximate surface area is 290 Å². The average molecular weight is 764 g/mol. The zero-order valence-corrected chi connectivity index (χ0v) is 30.4. The summed E-state index contributed by atoms with van der Waals surface area (Å²) < 4.78 is 57.2. The van der Waals surface area contributed by atoms with Crippen LogP contribution < -0.4 is 9.80 Å². The Balaban J connectivity index is 0.000000276. The molecule has 4 heterocycles. The summed E-state index contributed by atoms with van der Waals surface area (Å²) in [6.45, 7) is 15.8. The zero-order valence-electron chi connectivity index (χ0n) is 28.8. The third kappa shape index (κ3) is 8.85. The summed E-state index contributed by atoms with van der Waals surface area (Å²) in [5.41, 5.74) is -2.98. The van der Waals surface area contributed by atoms with Gasteiger partial charge in [-0.15, -0.1) is 0 Å². The Kier molecular flexibility index (Phi) is 12.1. The second-order valence-corrected chi connectivity index (χ2v) is 13.2. The summed E-state index contributed by atoms with van der Waals surface area (Å²) in [6, 6.07) is 0. The lowest BCUT2D eigenvalue weighted by Crippen LogP contribution is -2.37. The van der Waals surface area contributed by atoms with Gasteiger partial charge in [0, 0.05) is 0 Å². The van der Waals surface area contributed by atoms with Gasteiger partial charge in [-0.1, -0.05) is 0 Å². The highest BCUT2D eigenvalue weighted by Crippen LogP contribution is 2.39. The molecule has 2 amide bonds. The number of carbonyl (C=O) groups excluding carboxylic acids is 5. The lowest BCUT2D eigenvalue weighted by molar-refractivity contribution is -0.173. The van der Waals surface area contributed by atoms with E-state index in [0.29, 0.717) is 23.5 Å². The largest absolute Gasteiger partial charge is 0.462 e. The number of ether oxygens (including phenoxy) is 5. The molecule has 0 bridgehead atoms. The average Bonchev–Trinajstić information content (AvgIpc) is 3.71. The van der Waals surface area contributed by atoms with Crippen LogP contribution in [-0.4, -0.2) is 93.8 Å². The molecule has 0 unspecified atom stereocenters. The third-order valence-corrected chi connectivity index (χ3v) is 6.96. The summed E-state index contributed by atoms with van der Waals surface area (Å²) in [6.07, 6.45) is -1.33. The van der Waals surface area contributed by atoms with Crippen molar-refractivity contribution in [3.63, 3.8) is 0 Å². The Morgan fingerprint density at radius 2 is 1.08 bits per heavy atom. The first-order valence-electron chi connectivity index (χ1n) is 15.5. The van der Waals surface area contributed by atoms with Gasteiger partial charge in [0.05, 0.1) is 46.0 Å². The van der Waals surface area contributed by atoms with Crippen molar-refractivity contribution in [2.45, 2.75) is 92.5 Å². The second-order valence-electron chi connectivity index (χ2n) is 12.5. The van der Waals surface area contributed by atoms with E-state index in [0.717, 1.165) is 9.58 Å². The van der Waals surface area contributed by atoms with Crippen LogP contribution in [0, 0.1) is 0 Å². The van der Waals surface area contributed by atoms with Crippen molar-refractivity contribution < 1.29 is 56.4 Å². The molecule has 2 aliphatic heterocycles. The van der Waals surface area contributed by atoms with E-state index in [2.05, 4.69) is 30.9 Å². The lowest BCUT2D eigenvalue weighted by Gasteiger charge is -2.24. The van der Waals surface area contributed by atoms with E-state index in [4.69, 9.17) is 18.9 Å². The molecule has 0 radical (unpaired) electrons. The quantitative estimate of drug-likeness (QED) is 0.272. The molecule has 49 heavy (non-hydrogen) atoms. The van der Waals surface area contributed by atoms with Gasteiger partial charge in [-0.2, -0.15) is 19.0 Å². The summed E-state index contributed by atoms with van der Waals surface area (Å²) in [7, 11) is 0. The number of hydrogen-bond acceptors (Lipinski definition) is 12. The molecule has 0 aliphatic carbocycles. The van der Waals surface area contributed by atoms with Crippen LogP contribution in [0.15, 0.2) is 4.60 Å². The van der Waals surface area contributed by atoms with Crippen molar-refractivity contribution in [3.8, 4) is 0 Å². The smallest absolute Gasteiger partial charge is 0.416 e. The van der Waals surface area contributed by atoms with Crippen LogP contribution in [0.3, 0.4) is 0 Å². The van der Waals surface area contributed by atoms with Crippen LogP contribution in [0.1, 0.15) is 88.7 Å². The molecule has 16 nitrogen and oxygen atoms in total. The normalized spacial score (nSPS) is 14.0. The minimum atomic E-state index is -4.20. The Morgan fingerprint density at radius 1 is 0.673 bits per heavy atom. The second kappa shape index (κ2) is 15.1. The Bertz CT molecular complexity index is 1590. The topological polar surface area (TPSA) is 174 Å². The molecule has 0 aromatic carbocycles. The minimum Gasteiger partial charge on any atom is -0.462 e. The van der Waals surface area contributed by atoms with Crippen LogP contribution in [0.25, 0.3) is 0 Å². The highest BCUT2D eigenvalue weighted by molar-refractivity contribution is 9.10. The van der Waals surface area contributed by atoms with E-state index in [1.807, 2.05) is 0 Å². The monoisotopic (exact) mass is 762 g/mol. The molecule has 2 aromatic rings. The molecule has 0 fully saturated rings. The van der Waals surface area contributed by atoms with Crippen LogP contribution in [0.4, 0.5) is 30.0 Å². The van der Waals surface area contributed by atoms with Gasteiger partial charge in [0.1, 0.15) is 26.9 Å². The maximum atomic E-state index is 14.7. The van der Waals surface area contributed by atoms with Crippen molar-refractivity contribution in [2.24, 2.45) is 0 Å². The number of alkyl halides is 2. The van der Waals surface area contributed by atoms with Gasteiger partial charge in [0.25, 0.3) is 0 Å². The molecule has 19 heteroatoms. The van der Waals surface area contributed by atoms with Gasteiger partial charge in [-0.3, -0.25) is 9.80 Å². The molecule has 272 valence electrons. The van der Waals surface area contributed by atoms with Crippen LogP contribution >= 0.6 is 15.9 Å². The predicted octanol–water partition coefficient (Wildman–Crippen LogP) is 5.05. The van der Waals surface area contributed by atoms with Gasteiger partial charge in [-0.05, 0) is 78.2 Å². The predicted molar refractivity (Wildman–Crippen MR) is 172 cm³/mol. The number of hydrogen-bond donors (Lipinski definition) is 0. The SMILES string of the molecule is CCOC(=O)c1c(Br)nn2c1N(C(=O)OC(C)(C)C)CC2.CCOC(=O)c1c(C(F)(F)C(=O)OCC)nn2c1N(C(=O)OC(C)(C)C)CC2. The van der Waals surface area contributed by atoms with E-state index >= 15 is 0 Å². The molecule has 0 saturated heterocycles. The van der Waals surface area contributed by atoms with Crippen LogP contribution in [0.5, 0.6) is 0 Å². The van der Waals surface area contributed by atoms with Crippen LogP contribution in [0.2, 0.25) is 0 Å².